The van der Waals surface area contributed by atoms with Gasteiger partial charge in [0.1, 0.15) is 5.82 Å². The lowest BCUT2D eigenvalue weighted by Crippen LogP contribution is -2.42. The number of hydrogen-bond acceptors (Lipinski definition) is 6. The maximum atomic E-state index is 5.62. The van der Waals surface area contributed by atoms with Gasteiger partial charge in [-0.25, -0.2) is 4.98 Å². The highest BCUT2D eigenvalue weighted by Crippen LogP contribution is 2.12. The zero-order valence-electron chi connectivity index (χ0n) is 10.3. The molecule has 96 valence electrons. The molecule has 0 bridgehead atoms. The normalized spacial score (nSPS) is 20.2. The molecule has 2 aromatic rings. The number of aromatic nitrogens is 4. The van der Waals surface area contributed by atoms with E-state index in [9.17, 15) is 0 Å². The smallest absolute Gasteiger partial charge is 0.203 e. The van der Waals surface area contributed by atoms with Gasteiger partial charge in [-0.1, -0.05) is 0 Å². The molecule has 1 unspecified atom stereocenters. The Bertz CT molecular complexity index is 533. The van der Waals surface area contributed by atoms with E-state index in [0.29, 0.717) is 6.54 Å². The highest BCUT2D eigenvalue weighted by Gasteiger charge is 2.14. The minimum Gasteiger partial charge on any atom is -0.374 e. The van der Waals surface area contributed by atoms with E-state index in [2.05, 4.69) is 25.8 Å². The molecule has 7 heteroatoms. The van der Waals surface area contributed by atoms with Crippen molar-refractivity contribution in [3.8, 4) is 0 Å². The summed E-state index contributed by atoms with van der Waals surface area (Å²) >= 11 is 0. The molecular formula is C11H16N6O. The van der Waals surface area contributed by atoms with E-state index >= 15 is 0 Å². The van der Waals surface area contributed by atoms with Crippen molar-refractivity contribution in [2.24, 2.45) is 0 Å². The average Bonchev–Trinajstić information content (AvgIpc) is 2.80. The van der Waals surface area contributed by atoms with Gasteiger partial charge in [-0.3, -0.25) is 4.40 Å². The number of anilines is 1. The summed E-state index contributed by atoms with van der Waals surface area (Å²) in [6.07, 6.45) is 3.77. The summed E-state index contributed by atoms with van der Waals surface area (Å²) in [4.78, 5) is 4.29. The van der Waals surface area contributed by atoms with Crippen molar-refractivity contribution in [3.05, 3.63) is 18.2 Å². The van der Waals surface area contributed by atoms with Gasteiger partial charge in [0.2, 0.25) is 5.65 Å². The molecule has 1 saturated heterocycles. The van der Waals surface area contributed by atoms with E-state index < -0.39 is 0 Å². The summed E-state index contributed by atoms with van der Waals surface area (Å²) in [7, 11) is 0. The molecule has 1 aliphatic heterocycles. The van der Waals surface area contributed by atoms with Gasteiger partial charge in [0, 0.05) is 32.0 Å². The molecule has 0 aliphatic carbocycles. The van der Waals surface area contributed by atoms with Gasteiger partial charge in [0.05, 0.1) is 12.7 Å². The SMILES string of the molecule is Cc1nnc2c(NCC3CNCCO3)nccn12. The van der Waals surface area contributed by atoms with Crippen molar-refractivity contribution >= 4 is 11.5 Å². The molecule has 0 spiro atoms. The molecule has 1 atom stereocenters. The van der Waals surface area contributed by atoms with E-state index in [1.54, 1.807) is 6.20 Å². The maximum Gasteiger partial charge on any atom is 0.203 e. The maximum absolute atomic E-state index is 5.62. The lowest BCUT2D eigenvalue weighted by atomic mass is 10.3. The third kappa shape index (κ3) is 2.14. The molecule has 3 heterocycles. The molecule has 0 saturated carbocycles. The standard InChI is InChI=1S/C11H16N6O/c1-8-15-16-11-10(13-2-4-17(8)11)14-7-9-6-12-3-5-18-9/h2,4,9,12H,3,5-7H2,1H3,(H,13,14). The van der Waals surface area contributed by atoms with Gasteiger partial charge in [0.15, 0.2) is 5.82 Å². The molecule has 0 radical (unpaired) electrons. The molecule has 0 aromatic carbocycles. The second-order valence-corrected chi connectivity index (χ2v) is 4.29. The summed E-state index contributed by atoms with van der Waals surface area (Å²) in [5, 5.41) is 14.7. The molecule has 2 N–H and O–H groups in total. The topological polar surface area (TPSA) is 76.4 Å². The van der Waals surface area contributed by atoms with Crippen molar-refractivity contribution in [2.75, 3.05) is 31.6 Å². The Hall–Kier alpha value is -1.73. The molecule has 18 heavy (non-hydrogen) atoms. The van der Waals surface area contributed by atoms with Gasteiger partial charge in [0.25, 0.3) is 0 Å². The number of morpholine rings is 1. The number of ether oxygens (including phenoxy) is 1. The van der Waals surface area contributed by atoms with Crippen LogP contribution in [0.25, 0.3) is 5.65 Å². The van der Waals surface area contributed by atoms with Crippen LogP contribution < -0.4 is 10.6 Å². The zero-order chi connectivity index (χ0) is 12.4. The van der Waals surface area contributed by atoms with Gasteiger partial charge < -0.3 is 15.4 Å². The van der Waals surface area contributed by atoms with Crippen LogP contribution in [0.4, 0.5) is 5.82 Å². The van der Waals surface area contributed by atoms with Crippen LogP contribution >= 0.6 is 0 Å². The largest absolute Gasteiger partial charge is 0.374 e. The number of aryl methyl sites for hydroxylation is 1. The summed E-state index contributed by atoms with van der Waals surface area (Å²) in [5.74, 6) is 1.60. The van der Waals surface area contributed by atoms with Crippen molar-refractivity contribution in [1.29, 1.82) is 0 Å². The van der Waals surface area contributed by atoms with E-state index in [0.717, 1.165) is 37.0 Å². The monoisotopic (exact) mass is 248 g/mol. The minimum absolute atomic E-state index is 0.171. The second kappa shape index (κ2) is 4.87. The molecule has 0 amide bonds. The van der Waals surface area contributed by atoms with Crippen LogP contribution in [0.3, 0.4) is 0 Å². The van der Waals surface area contributed by atoms with Crippen LogP contribution in [0.5, 0.6) is 0 Å². The fourth-order valence-electron chi connectivity index (χ4n) is 2.03. The van der Waals surface area contributed by atoms with Crippen LogP contribution in [-0.2, 0) is 4.74 Å². The number of hydrogen-bond donors (Lipinski definition) is 2. The Morgan fingerprint density at radius 1 is 1.56 bits per heavy atom. The predicted molar refractivity (Wildman–Crippen MR) is 66.6 cm³/mol. The third-order valence-electron chi connectivity index (χ3n) is 3.00. The number of nitrogens with zero attached hydrogens (tertiary/aromatic N) is 4. The zero-order valence-corrected chi connectivity index (χ0v) is 10.3. The lowest BCUT2D eigenvalue weighted by molar-refractivity contribution is 0.0372. The first-order valence-corrected chi connectivity index (χ1v) is 6.07. The number of nitrogens with one attached hydrogen (secondary N) is 2. The Morgan fingerprint density at radius 2 is 2.50 bits per heavy atom. The number of fused-ring (bicyclic) bond motifs is 1. The van der Waals surface area contributed by atoms with Crippen LogP contribution in [0, 0.1) is 6.92 Å². The Balaban J connectivity index is 1.74. The Labute approximate surface area is 105 Å². The van der Waals surface area contributed by atoms with Crippen LogP contribution in [0.15, 0.2) is 12.4 Å². The molecule has 3 rings (SSSR count). The average molecular weight is 248 g/mol. The first-order valence-electron chi connectivity index (χ1n) is 6.07. The summed E-state index contributed by atoms with van der Waals surface area (Å²) < 4.78 is 7.53. The quantitative estimate of drug-likeness (QED) is 0.785. The fourth-order valence-corrected chi connectivity index (χ4v) is 2.03. The summed E-state index contributed by atoms with van der Waals surface area (Å²) in [6.45, 7) is 5.17. The highest BCUT2D eigenvalue weighted by molar-refractivity contribution is 5.61. The molecule has 1 fully saturated rings. The van der Waals surface area contributed by atoms with Crippen molar-refractivity contribution < 1.29 is 4.74 Å². The molecule has 1 aliphatic rings. The van der Waals surface area contributed by atoms with E-state index in [1.807, 2.05) is 17.5 Å². The summed E-state index contributed by atoms with van der Waals surface area (Å²) in [5.41, 5.74) is 0.749. The Kier molecular flexibility index (Phi) is 3.07. The molecule has 2 aromatic heterocycles. The minimum atomic E-state index is 0.171. The van der Waals surface area contributed by atoms with Crippen LogP contribution in [0.1, 0.15) is 5.82 Å². The highest BCUT2D eigenvalue weighted by atomic mass is 16.5. The van der Waals surface area contributed by atoms with Gasteiger partial charge in [-0.15, -0.1) is 10.2 Å². The second-order valence-electron chi connectivity index (χ2n) is 4.29. The summed E-state index contributed by atoms with van der Waals surface area (Å²) in [6, 6.07) is 0. The van der Waals surface area contributed by atoms with Gasteiger partial charge >= 0.3 is 0 Å². The predicted octanol–water partition coefficient (Wildman–Crippen LogP) is -0.167. The lowest BCUT2D eigenvalue weighted by Gasteiger charge is -2.23. The fraction of sp³-hybridized carbons (Fsp3) is 0.545. The Morgan fingerprint density at radius 3 is 3.33 bits per heavy atom. The van der Waals surface area contributed by atoms with E-state index in [1.165, 1.54) is 0 Å². The van der Waals surface area contributed by atoms with E-state index in [4.69, 9.17) is 4.74 Å². The molecule has 7 nitrogen and oxygen atoms in total. The van der Waals surface area contributed by atoms with Crippen LogP contribution in [-0.4, -0.2) is 51.9 Å². The first kappa shape index (κ1) is 11.4. The van der Waals surface area contributed by atoms with E-state index in [-0.39, 0.29) is 6.10 Å². The van der Waals surface area contributed by atoms with Crippen molar-refractivity contribution in [2.45, 2.75) is 13.0 Å². The van der Waals surface area contributed by atoms with Crippen molar-refractivity contribution in [3.63, 3.8) is 0 Å². The van der Waals surface area contributed by atoms with Crippen LogP contribution in [0.2, 0.25) is 0 Å². The van der Waals surface area contributed by atoms with Gasteiger partial charge in [-0.05, 0) is 6.92 Å². The first-order chi connectivity index (χ1) is 8.84. The van der Waals surface area contributed by atoms with Crippen molar-refractivity contribution in [1.82, 2.24) is 24.9 Å². The number of rotatable bonds is 3. The third-order valence-corrected chi connectivity index (χ3v) is 3.00. The molecular weight excluding hydrogens is 232 g/mol. The van der Waals surface area contributed by atoms with Gasteiger partial charge in [-0.2, -0.15) is 0 Å².